The van der Waals surface area contributed by atoms with Crippen molar-refractivity contribution in [1.82, 2.24) is 19.4 Å². The molecule has 1 fully saturated rings. The first kappa shape index (κ1) is 18.8. The molecule has 3 heterocycles. The fourth-order valence-corrected chi connectivity index (χ4v) is 5.05. The number of hydrogen-bond acceptors (Lipinski definition) is 8. The van der Waals surface area contributed by atoms with Gasteiger partial charge in [0.25, 0.3) is 5.89 Å². The third kappa shape index (κ3) is 3.83. The van der Waals surface area contributed by atoms with Crippen molar-refractivity contribution < 1.29 is 12.8 Å². The van der Waals surface area contributed by atoms with E-state index in [0.29, 0.717) is 50.1 Å². The average molecular weight is 416 g/mol. The molecule has 0 amide bonds. The van der Waals surface area contributed by atoms with E-state index in [2.05, 4.69) is 15.1 Å². The predicted molar refractivity (Wildman–Crippen MR) is 103 cm³/mol. The van der Waals surface area contributed by atoms with Crippen molar-refractivity contribution in [3.63, 3.8) is 0 Å². The first-order valence-electron chi connectivity index (χ1n) is 8.65. The Bertz CT molecular complexity index is 1080. The standard InChI is InChI=1S/C18H17N5O3S2/c19-12-14-3-5-15(6-4-14)28(24,25)23-9-7-22(8-10-23)13-17-20-21-18(26-17)16-2-1-11-27-16/h1-6,11H,7-10,13H2. The number of hydrogen-bond donors (Lipinski definition) is 0. The molecule has 8 nitrogen and oxygen atoms in total. The molecule has 0 bridgehead atoms. The number of rotatable bonds is 5. The summed E-state index contributed by atoms with van der Waals surface area (Å²) in [4.78, 5) is 3.23. The molecule has 0 saturated carbocycles. The highest BCUT2D eigenvalue weighted by molar-refractivity contribution is 7.89. The molecule has 0 spiro atoms. The van der Waals surface area contributed by atoms with E-state index in [4.69, 9.17) is 9.68 Å². The molecule has 1 aromatic carbocycles. The molecule has 28 heavy (non-hydrogen) atoms. The molecule has 0 unspecified atom stereocenters. The van der Waals surface area contributed by atoms with Gasteiger partial charge in [-0.1, -0.05) is 6.07 Å². The summed E-state index contributed by atoms with van der Waals surface area (Å²) in [6.07, 6.45) is 0. The summed E-state index contributed by atoms with van der Waals surface area (Å²) in [5.41, 5.74) is 0.435. The maximum atomic E-state index is 12.8. The van der Waals surface area contributed by atoms with Crippen LogP contribution in [0.15, 0.2) is 51.1 Å². The number of aromatic nitrogens is 2. The van der Waals surface area contributed by atoms with Gasteiger partial charge in [0.1, 0.15) is 0 Å². The highest BCUT2D eigenvalue weighted by Gasteiger charge is 2.29. The topological polar surface area (TPSA) is 103 Å². The monoisotopic (exact) mass is 415 g/mol. The zero-order valence-electron chi connectivity index (χ0n) is 14.9. The highest BCUT2D eigenvalue weighted by atomic mass is 32.2. The van der Waals surface area contributed by atoms with Gasteiger partial charge in [0, 0.05) is 26.2 Å². The first-order chi connectivity index (χ1) is 13.6. The van der Waals surface area contributed by atoms with Crippen LogP contribution in [0.25, 0.3) is 10.8 Å². The van der Waals surface area contributed by atoms with Crippen molar-refractivity contribution in [2.75, 3.05) is 26.2 Å². The molecule has 1 aliphatic heterocycles. The lowest BCUT2D eigenvalue weighted by Crippen LogP contribution is -2.48. The maximum Gasteiger partial charge on any atom is 0.257 e. The van der Waals surface area contributed by atoms with Gasteiger partial charge in [-0.25, -0.2) is 8.42 Å². The molecule has 4 rings (SSSR count). The summed E-state index contributed by atoms with van der Waals surface area (Å²) in [6, 6.07) is 11.8. The molecule has 3 aromatic rings. The second-order valence-electron chi connectivity index (χ2n) is 6.29. The van der Waals surface area contributed by atoms with Crippen LogP contribution >= 0.6 is 11.3 Å². The lowest BCUT2D eigenvalue weighted by atomic mass is 10.2. The molecule has 1 saturated heterocycles. The van der Waals surface area contributed by atoms with Gasteiger partial charge in [-0.05, 0) is 35.7 Å². The Kier molecular flexibility index (Phi) is 5.23. The number of nitriles is 1. The summed E-state index contributed by atoms with van der Waals surface area (Å²) >= 11 is 1.54. The molecular weight excluding hydrogens is 398 g/mol. The largest absolute Gasteiger partial charge is 0.419 e. The molecule has 2 aromatic heterocycles. The van der Waals surface area contributed by atoms with Gasteiger partial charge in [0.05, 0.1) is 28.0 Å². The van der Waals surface area contributed by atoms with Crippen molar-refractivity contribution in [2.24, 2.45) is 0 Å². The summed E-state index contributed by atoms with van der Waals surface area (Å²) in [6.45, 7) is 2.41. The van der Waals surface area contributed by atoms with Crippen molar-refractivity contribution in [2.45, 2.75) is 11.4 Å². The van der Waals surface area contributed by atoms with Crippen LogP contribution in [0.1, 0.15) is 11.5 Å². The fourth-order valence-electron chi connectivity index (χ4n) is 2.99. The molecule has 0 radical (unpaired) electrons. The van der Waals surface area contributed by atoms with Crippen LogP contribution in [0.5, 0.6) is 0 Å². The Labute approximate surface area is 166 Å². The van der Waals surface area contributed by atoms with E-state index in [1.165, 1.54) is 39.9 Å². The normalized spacial score (nSPS) is 16.1. The van der Waals surface area contributed by atoms with E-state index in [9.17, 15) is 8.42 Å². The van der Waals surface area contributed by atoms with Gasteiger partial charge in [0.15, 0.2) is 0 Å². The number of thiophene rings is 1. The second-order valence-corrected chi connectivity index (χ2v) is 9.18. The van der Waals surface area contributed by atoms with E-state index >= 15 is 0 Å². The number of sulfonamides is 1. The zero-order valence-corrected chi connectivity index (χ0v) is 16.5. The summed E-state index contributed by atoms with van der Waals surface area (Å²) < 4.78 is 32.7. The maximum absolute atomic E-state index is 12.8. The van der Waals surface area contributed by atoms with Gasteiger partial charge in [-0.15, -0.1) is 21.5 Å². The Balaban J connectivity index is 1.37. The van der Waals surface area contributed by atoms with Crippen molar-refractivity contribution in [3.05, 3.63) is 53.2 Å². The smallest absolute Gasteiger partial charge is 0.257 e. The molecule has 144 valence electrons. The molecule has 0 atom stereocenters. The molecule has 0 aliphatic carbocycles. The molecule has 1 aliphatic rings. The quantitative estimate of drug-likeness (QED) is 0.629. The summed E-state index contributed by atoms with van der Waals surface area (Å²) in [5.74, 6) is 1.03. The first-order valence-corrected chi connectivity index (χ1v) is 11.0. The molecule has 10 heteroatoms. The van der Waals surface area contributed by atoms with Gasteiger partial charge >= 0.3 is 0 Å². The van der Waals surface area contributed by atoms with E-state index in [-0.39, 0.29) is 4.90 Å². The number of piperazine rings is 1. The molecule has 0 N–H and O–H groups in total. The number of nitrogens with zero attached hydrogens (tertiary/aromatic N) is 5. The Morgan fingerprint density at radius 1 is 1.11 bits per heavy atom. The van der Waals surface area contributed by atoms with Crippen LogP contribution in [0.4, 0.5) is 0 Å². The van der Waals surface area contributed by atoms with Crippen LogP contribution in [0, 0.1) is 11.3 Å². The summed E-state index contributed by atoms with van der Waals surface area (Å²) in [5, 5.41) is 19.0. The van der Waals surface area contributed by atoms with Crippen LogP contribution in [-0.2, 0) is 16.6 Å². The van der Waals surface area contributed by atoms with Crippen LogP contribution < -0.4 is 0 Å². The van der Waals surface area contributed by atoms with E-state index < -0.39 is 10.0 Å². The minimum atomic E-state index is -3.56. The Hall–Kier alpha value is -2.58. The van der Waals surface area contributed by atoms with Crippen molar-refractivity contribution >= 4 is 21.4 Å². The number of benzene rings is 1. The minimum Gasteiger partial charge on any atom is -0.419 e. The van der Waals surface area contributed by atoms with Crippen molar-refractivity contribution in [1.29, 1.82) is 5.26 Å². The average Bonchev–Trinajstić information content (AvgIpc) is 3.40. The zero-order chi connectivity index (χ0) is 19.6. The molecular formula is C18H17N5O3S2. The van der Waals surface area contributed by atoms with Gasteiger partial charge < -0.3 is 4.42 Å². The van der Waals surface area contributed by atoms with Gasteiger partial charge in [-0.3, -0.25) is 4.90 Å². The third-order valence-corrected chi connectivity index (χ3v) is 7.28. The SMILES string of the molecule is N#Cc1ccc(S(=O)(=O)N2CCN(Cc3nnc(-c4cccs4)o3)CC2)cc1. The second kappa shape index (κ2) is 7.81. The van der Waals surface area contributed by atoms with Crippen LogP contribution in [0.2, 0.25) is 0 Å². The van der Waals surface area contributed by atoms with Crippen LogP contribution in [-0.4, -0.2) is 54.0 Å². The van der Waals surface area contributed by atoms with Gasteiger partial charge in [0.2, 0.25) is 15.9 Å². The third-order valence-electron chi connectivity index (χ3n) is 4.51. The summed E-state index contributed by atoms with van der Waals surface area (Å²) in [7, 11) is -3.56. The highest BCUT2D eigenvalue weighted by Crippen LogP contribution is 2.24. The lowest BCUT2D eigenvalue weighted by Gasteiger charge is -2.33. The Morgan fingerprint density at radius 2 is 1.86 bits per heavy atom. The van der Waals surface area contributed by atoms with E-state index in [1.807, 2.05) is 23.6 Å². The Morgan fingerprint density at radius 3 is 2.50 bits per heavy atom. The minimum absolute atomic E-state index is 0.206. The van der Waals surface area contributed by atoms with Crippen LogP contribution in [0.3, 0.4) is 0 Å². The lowest BCUT2D eigenvalue weighted by molar-refractivity contribution is 0.168. The van der Waals surface area contributed by atoms with Gasteiger partial charge in [-0.2, -0.15) is 9.57 Å². The fraction of sp³-hybridized carbons (Fsp3) is 0.278. The predicted octanol–water partition coefficient (Wildman–Crippen LogP) is 2.18. The van der Waals surface area contributed by atoms with Crippen molar-refractivity contribution in [3.8, 4) is 16.8 Å². The van der Waals surface area contributed by atoms with E-state index in [0.717, 1.165) is 4.88 Å². The van der Waals surface area contributed by atoms with E-state index in [1.54, 1.807) is 0 Å².